The lowest BCUT2D eigenvalue weighted by atomic mass is 10.2. The fourth-order valence-corrected chi connectivity index (χ4v) is 2.65. The van der Waals surface area contributed by atoms with Gasteiger partial charge in [0.2, 0.25) is 10.0 Å². The molecule has 0 spiro atoms. The zero-order valence-electron chi connectivity index (χ0n) is 9.02. The Morgan fingerprint density at radius 1 is 1.44 bits per heavy atom. The molecule has 4 nitrogen and oxygen atoms in total. The molecule has 1 N–H and O–H groups in total. The Morgan fingerprint density at radius 2 is 2.19 bits per heavy atom. The second kappa shape index (κ2) is 4.12. The molecule has 16 heavy (non-hydrogen) atoms. The van der Waals surface area contributed by atoms with Crippen LogP contribution in [-0.2, 0) is 16.6 Å². The monoisotopic (exact) mass is 256 g/mol. The van der Waals surface area contributed by atoms with Gasteiger partial charge in [-0.25, -0.2) is 18.1 Å². The summed E-state index contributed by atoms with van der Waals surface area (Å²) in [6.07, 6.45) is 1.15. The highest BCUT2D eigenvalue weighted by Gasteiger charge is 2.04. The third-order valence-electron chi connectivity index (χ3n) is 2.10. The molecule has 0 aliphatic rings. The van der Waals surface area contributed by atoms with E-state index in [0.717, 1.165) is 27.0 Å². The Labute approximate surface area is 98.4 Å². The van der Waals surface area contributed by atoms with Gasteiger partial charge in [-0.1, -0.05) is 6.07 Å². The van der Waals surface area contributed by atoms with Crippen LogP contribution in [0.4, 0.5) is 0 Å². The van der Waals surface area contributed by atoms with Crippen LogP contribution in [0.1, 0.15) is 10.6 Å². The highest BCUT2D eigenvalue weighted by molar-refractivity contribution is 7.88. The van der Waals surface area contributed by atoms with Crippen molar-refractivity contribution < 1.29 is 8.42 Å². The van der Waals surface area contributed by atoms with E-state index in [9.17, 15) is 8.42 Å². The summed E-state index contributed by atoms with van der Waals surface area (Å²) in [7, 11) is -3.14. The van der Waals surface area contributed by atoms with Gasteiger partial charge in [0.05, 0.1) is 21.5 Å². The van der Waals surface area contributed by atoms with Crippen molar-refractivity contribution in [2.75, 3.05) is 6.26 Å². The van der Waals surface area contributed by atoms with Gasteiger partial charge >= 0.3 is 0 Å². The predicted octanol–water partition coefficient (Wildman–Crippen LogP) is 1.65. The number of aryl methyl sites for hydroxylation is 1. The van der Waals surface area contributed by atoms with E-state index in [1.165, 1.54) is 0 Å². The van der Waals surface area contributed by atoms with Gasteiger partial charge < -0.3 is 0 Å². The standard InChI is InChI=1S/C10H12N2O2S2/c1-7-12-9-5-8(3-4-10(9)15-7)6-11-16(2,13)14/h3-5,11H,6H2,1-2H3. The molecule has 0 fully saturated rings. The third kappa shape index (κ3) is 2.78. The molecule has 0 atom stereocenters. The van der Waals surface area contributed by atoms with E-state index in [4.69, 9.17) is 0 Å². The first kappa shape index (κ1) is 11.5. The first-order chi connectivity index (χ1) is 7.44. The molecule has 0 saturated heterocycles. The number of fused-ring (bicyclic) bond motifs is 1. The minimum Gasteiger partial charge on any atom is -0.242 e. The first-order valence-electron chi connectivity index (χ1n) is 4.75. The van der Waals surface area contributed by atoms with Crippen LogP contribution in [0.25, 0.3) is 10.2 Å². The Kier molecular flexibility index (Phi) is 2.96. The van der Waals surface area contributed by atoms with Crippen LogP contribution in [0.15, 0.2) is 18.2 Å². The van der Waals surface area contributed by atoms with Crippen LogP contribution < -0.4 is 4.72 Å². The molecule has 2 rings (SSSR count). The molecule has 86 valence electrons. The van der Waals surface area contributed by atoms with Crippen LogP contribution >= 0.6 is 11.3 Å². The fraction of sp³-hybridized carbons (Fsp3) is 0.300. The molecule has 0 radical (unpaired) electrons. The van der Waals surface area contributed by atoms with E-state index in [2.05, 4.69) is 9.71 Å². The van der Waals surface area contributed by atoms with Gasteiger partial charge in [-0.3, -0.25) is 0 Å². The molecule has 0 bridgehead atoms. The molecule has 1 heterocycles. The molecule has 0 saturated carbocycles. The zero-order chi connectivity index (χ0) is 11.8. The summed E-state index contributed by atoms with van der Waals surface area (Å²) in [5.74, 6) is 0. The lowest BCUT2D eigenvalue weighted by molar-refractivity contribution is 0.587. The van der Waals surface area contributed by atoms with Gasteiger partial charge in [0.1, 0.15) is 0 Å². The number of sulfonamides is 1. The smallest absolute Gasteiger partial charge is 0.209 e. The lowest BCUT2D eigenvalue weighted by Crippen LogP contribution is -2.21. The minimum atomic E-state index is -3.14. The summed E-state index contributed by atoms with van der Waals surface area (Å²) in [5, 5.41) is 1.02. The summed E-state index contributed by atoms with van der Waals surface area (Å²) in [4.78, 5) is 4.36. The van der Waals surface area contributed by atoms with Crippen molar-refractivity contribution in [2.45, 2.75) is 13.5 Å². The number of hydrogen-bond donors (Lipinski definition) is 1. The van der Waals surface area contributed by atoms with Crippen LogP contribution in [-0.4, -0.2) is 19.7 Å². The van der Waals surface area contributed by atoms with Crippen molar-refractivity contribution in [3.05, 3.63) is 28.8 Å². The summed E-state index contributed by atoms with van der Waals surface area (Å²) >= 11 is 1.63. The highest BCUT2D eigenvalue weighted by Crippen LogP contribution is 2.22. The van der Waals surface area contributed by atoms with Crippen molar-refractivity contribution >= 4 is 31.6 Å². The molecule has 0 aliphatic carbocycles. The molecule has 0 aliphatic heterocycles. The molecule has 1 aromatic carbocycles. The quantitative estimate of drug-likeness (QED) is 0.908. The average molecular weight is 256 g/mol. The predicted molar refractivity (Wildman–Crippen MR) is 66.0 cm³/mol. The maximum absolute atomic E-state index is 10.9. The normalized spacial score (nSPS) is 12.1. The van der Waals surface area contributed by atoms with Crippen LogP contribution in [0.5, 0.6) is 0 Å². The molecule has 0 amide bonds. The van der Waals surface area contributed by atoms with Gasteiger partial charge in [-0.15, -0.1) is 11.3 Å². The van der Waals surface area contributed by atoms with Gasteiger partial charge in [-0.05, 0) is 24.6 Å². The largest absolute Gasteiger partial charge is 0.242 e. The summed E-state index contributed by atoms with van der Waals surface area (Å²) < 4.78 is 25.5. The zero-order valence-corrected chi connectivity index (χ0v) is 10.7. The minimum absolute atomic E-state index is 0.311. The molecule has 1 aromatic heterocycles. The van der Waals surface area contributed by atoms with E-state index < -0.39 is 10.0 Å². The van der Waals surface area contributed by atoms with Crippen LogP contribution in [0.2, 0.25) is 0 Å². The molecule has 0 unspecified atom stereocenters. The maximum atomic E-state index is 10.9. The Morgan fingerprint density at radius 3 is 2.88 bits per heavy atom. The Bertz CT molecular complexity index is 617. The molecule has 2 aromatic rings. The summed E-state index contributed by atoms with van der Waals surface area (Å²) in [6.45, 7) is 2.27. The van der Waals surface area contributed by atoms with Crippen molar-refractivity contribution in [1.82, 2.24) is 9.71 Å². The topological polar surface area (TPSA) is 59.1 Å². The second-order valence-corrected chi connectivity index (χ2v) is 6.70. The highest BCUT2D eigenvalue weighted by atomic mass is 32.2. The van der Waals surface area contributed by atoms with Gasteiger partial charge in [-0.2, -0.15) is 0 Å². The SMILES string of the molecule is Cc1nc2cc(CNS(C)(=O)=O)ccc2s1. The lowest BCUT2D eigenvalue weighted by Gasteiger charge is -2.01. The Balaban J connectivity index is 2.25. The number of nitrogens with one attached hydrogen (secondary N) is 1. The Hall–Kier alpha value is -0.980. The summed E-state index contributed by atoms with van der Waals surface area (Å²) in [5.41, 5.74) is 1.85. The van der Waals surface area contributed by atoms with Crippen molar-refractivity contribution in [1.29, 1.82) is 0 Å². The van der Waals surface area contributed by atoms with E-state index in [-0.39, 0.29) is 0 Å². The molecule has 6 heteroatoms. The average Bonchev–Trinajstić information content (AvgIpc) is 2.52. The number of thiazole rings is 1. The number of nitrogens with zero attached hydrogens (tertiary/aromatic N) is 1. The number of aromatic nitrogens is 1. The van der Waals surface area contributed by atoms with E-state index >= 15 is 0 Å². The van der Waals surface area contributed by atoms with Gasteiger partial charge in [0, 0.05) is 6.54 Å². The first-order valence-corrected chi connectivity index (χ1v) is 7.45. The van der Waals surface area contributed by atoms with Crippen molar-refractivity contribution in [3.8, 4) is 0 Å². The van der Waals surface area contributed by atoms with Crippen molar-refractivity contribution in [2.24, 2.45) is 0 Å². The van der Waals surface area contributed by atoms with Crippen molar-refractivity contribution in [3.63, 3.8) is 0 Å². The number of hydrogen-bond acceptors (Lipinski definition) is 4. The fourth-order valence-electron chi connectivity index (χ4n) is 1.41. The van der Waals surface area contributed by atoms with Crippen LogP contribution in [0.3, 0.4) is 0 Å². The molecular formula is C10H12N2O2S2. The molecular weight excluding hydrogens is 244 g/mol. The number of benzene rings is 1. The number of rotatable bonds is 3. The van der Waals surface area contributed by atoms with E-state index in [0.29, 0.717) is 6.54 Å². The second-order valence-electron chi connectivity index (χ2n) is 3.63. The third-order valence-corrected chi connectivity index (χ3v) is 3.72. The van der Waals surface area contributed by atoms with Crippen LogP contribution in [0, 0.1) is 6.92 Å². The van der Waals surface area contributed by atoms with Gasteiger partial charge in [0.25, 0.3) is 0 Å². The van der Waals surface area contributed by atoms with E-state index in [1.54, 1.807) is 11.3 Å². The summed E-state index contributed by atoms with van der Waals surface area (Å²) in [6, 6.07) is 5.80. The van der Waals surface area contributed by atoms with E-state index in [1.807, 2.05) is 25.1 Å². The maximum Gasteiger partial charge on any atom is 0.209 e. The van der Waals surface area contributed by atoms with Gasteiger partial charge in [0.15, 0.2) is 0 Å².